The average molecular weight is 549 g/mol. The number of benzene rings is 2. The van der Waals surface area contributed by atoms with Crippen molar-refractivity contribution in [1.29, 1.82) is 0 Å². The number of carbonyl (C=O) groups is 1. The van der Waals surface area contributed by atoms with E-state index in [1.54, 1.807) is 12.1 Å². The predicted octanol–water partition coefficient (Wildman–Crippen LogP) is 2.35. The lowest BCUT2D eigenvalue weighted by atomic mass is 10.0. The highest BCUT2D eigenvalue weighted by Gasteiger charge is 2.34. The Morgan fingerprint density at radius 3 is 2.53 bits per heavy atom. The van der Waals surface area contributed by atoms with Crippen molar-refractivity contribution in [3.05, 3.63) is 60.2 Å². The molecule has 2 N–H and O–H groups in total. The first-order chi connectivity index (χ1) is 18.3. The molecule has 2 saturated heterocycles. The van der Waals surface area contributed by atoms with Gasteiger partial charge < -0.3 is 29.4 Å². The molecular formula is C27H36N2O8S. The third-order valence-corrected chi connectivity index (χ3v) is 8.59. The van der Waals surface area contributed by atoms with Crippen molar-refractivity contribution in [3.8, 4) is 5.75 Å². The highest BCUT2D eigenvalue weighted by Crippen LogP contribution is 2.23. The molecule has 2 aromatic carbocycles. The number of nitrogens with one attached hydrogen (secondary N) is 1. The molecule has 2 fully saturated rings. The van der Waals surface area contributed by atoms with Gasteiger partial charge in [-0.05, 0) is 49.1 Å². The van der Waals surface area contributed by atoms with E-state index in [2.05, 4.69) is 5.32 Å². The van der Waals surface area contributed by atoms with Gasteiger partial charge in [0.25, 0.3) is 0 Å². The van der Waals surface area contributed by atoms with Gasteiger partial charge in [0.05, 0.1) is 43.5 Å². The standard InChI is InChI=1S/C27H36N2O8S/c1-34-21-9-11-24(12-10-21)38(32,33)29(17-22-8-5-14-36-22)18-26(30)25(16-20-6-3-2-4-7-20)28-27(31)37-23-13-15-35-19-23/h2-4,6-7,9-12,22-23,25-26,30H,5,8,13-19H2,1H3,(H,28,31)/t22?,23-,25-,26+/m0/s1. The van der Waals surface area contributed by atoms with Gasteiger partial charge in [0, 0.05) is 26.1 Å². The minimum absolute atomic E-state index is 0.0803. The molecule has 0 bridgehead atoms. The number of aliphatic hydroxyl groups is 1. The summed E-state index contributed by atoms with van der Waals surface area (Å²) in [5, 5.41) is 14.1. The maximum Gasteiger partial charge on any atom is 0.407 e. The van der Waals surface area contributed by atoms with Crippen LogP contribution >= 0.6 is 0 Å². The Morgan fingerprint density at radius 2 is 1.89 bits per heavy atom. The highest BCUT2D eigenvalue weighted by atomic mass is 32.2. The number of methoxy groups -OCH3 is 1. The number of aliphatic hydroxyl groups excluding tert-OH is 1. The van der Waals surface area contributed by atoms with Gasteiger partial charge in [-0.25, -0.2) is 13.2 Å². The zero-order chi connectivity index (χ0) is 27.0. The molecule has 2 aromatic rings. The molecule has 11 heteroatoms. The molecule has 0 saturated carbocycles. The number of sulfonamides is 1. The Hall–Kier alpha value is -2.70. The highest BCUT2D eigenvalue weighted by molar-refractivity contribution is 7.89. The third kappa shape index (κ3) is 7.67. The Labute approximate surface area is 223 Å². The molecule has 0 spiro atoms. The maximum absolute atomic E-state index is 13.7. The lowest BCUT2D eigenvalue weighted by molar-refractivity contribution is 0.0553. The van der Waals surface area contributed by atoms with Crippen LogP contribution in [0.5, 0.6) is 5.75 Å². The van der Waals surface area contributed by atoms with Gasteiger partial charge in [-0.1, -0.05) is 30.3 Å². The van der Waals surface area contributed by atoms with Crippen LogP contribution in [0.25, 0.3) is 0 Å². The minimum atomic E-state index is -3.98. The second-order valence-corrected chi connectivity index (χ2v) is 11.5. The number of rotatable bonds is 12. The van der Waals surface area contributed by atoms with Gasteiger partial charge in [0.15, 0.2) is 0 Å². The van der Waals surface area contributed by atoms with E-state index in [0.717, 1.165) is 18.4 Å². The zero-order valence-electron chi connectivity index (χ0n) is 21.5. The molecule has 0 aromatic heterocycles. The molecule has 4 rings (SSSR count). The number of hydrogen-bond acceptors (Lipinski definition) is 8. The van der Waals surface area contributed by atoms with Crippen LogP contribution in [-0.2, 0) is 30.7 Å². The molecular weight excluding hydrogens is 512 g/mol. The molecule has 38 heavy (non-hydrogen) atoms. The summed E-state index contributed by atoms with van der Waals surface area (Å²) in [4.78, 5) is 12.8. The molecule has 1 amide bonds. The summed E-state index contributed by atoms with van der Waals surface area (Å²) in [6.45, 7) is 1.27. The van der Waals surface area contributed by atoms with Crippen LogP contribution in [0.1, 0.15) is 24.8 Å². The van der Waals surface area contributed by atoms with E-state index in [0.29, 0.717) is 32.0 Å². The Morgan fingerprint density at radius 1 is 1.13 bits per heavy atom. The number of alkyl carbamates (subject to hydrolysis) is 1. The lowest BCUT2D eigenvalue weighted by Crippen LogP contribution is -2.52. The van der Waals surface area contributed by atoms with Crippen molar-refractivity contribution < 1.29 is 37.3 Å². The van der Waals surface area contributed by atoms with Gasteiger partial charge in [-0.15, -0.1) is 0 Å². The molecule has 0 radical (unpaired) electrons. The van der Waals surface area contributed by atoms with E-state index < -0.39 is 28.3 Å². The lowest BCUT2D eigenvalue weighted by Gasteiger charge is -2.31. The van der Waals surface area contributed by atoms with Crippen LogP contribution < -0.4 is 10.1 Å². The molecule has 4 atom stereocenters. The summed E-state index contributed by atoms with van der Waals surface area (Å²) in [6.07, 6.45) is -0.0613. The third-order valence-electron chi connectivity index (χ3n) is 6.75. The maximum atomic E-state index is 13.7. The molecule has 2 heterocycles. The summed E-state index contributed by atoms with van der Waals surface area (Å²) >= 11 is 0. The summed E-state index contributed by atoms with van der Waals surface area (Å²) in [6, 6.07) is 14.7. The van der Waals surface area contributed by atoms with Gasteiger partial charge in [-0.3, -0.25) is 0 Å². The first-order valence-electron chi connectivity index (χ1n) is 12.9. The van der Waals surface area contributed by atoms with Gasteiger partial charge in [0.2, 0.25) is 10.0 Å². The van der Waals surface area contributed by atoms with Crippen LogP contribution in [0.4, 0.5) is 4.79 Å². The summed E-state index contributed by atoms with van der Waals surface area (Å²) in [5.41, 5.74) is 0.879. The Balaban J connectivity index is 1.54. The molecule has 1 unspecified atom stereocenters. The van der Waals surface area contributed by atoms with Crippen molar-refractivity contribution in [2.45, 2.75) is 54.9 Å². The van der Waals surface area contributed by atoms with E-state index in [-0.39, 0.29) is 36.6 Å². The normalized spacial score (nSPS) is 21.2. The predicted molar refractivity (Wildman–Crippen MR) is 140 cm³/mol. The summed E-state index contributed by atoms with van der Waals surface area (Å²) in [5.74, 6) is 0.535. The Kier molecular flexibility index (Phi) is 9.97. The second kappa shape index (κ2) is 13.4. The number of hydrogen-bond donors (Lipinski definition) is 2. The molecule has 10 nitrogen and oxygen atoms in total. The van der Waals surface area contributed by atoms with Crippen molar-refractivity contribution in [3.63, 3.8) is 0 Å². The van der Waals surface area contributed by atoms with Gasteiger partial charge in [-0.2, -0.15) is 4.31 Å². The summed E-state index contributed by atoms with van der Waals surface area (Å²) in [7, 11) is -2.48. The first kappa shape index (κ1) is 28.3. The second-order valence-electron chi connectivity index (χ2n) is 9.53. The van der Waals surface area contributed by atoms with E-state index in [4.69, 9.17) is 18.9 Å². The fourth-order valence-electron chi connectivity index (χ4n) is 4.61. The van der Waals surface area contributed by atoms with Crippen LogP contribution in [0, 0.1) is 0 Å². The van der Waals surface area contributed by atoms with Gasteiger partial charge >= 0.3 is 6.09 Å². The van der Waals surface area contributed by atoms with Gasteiger partial charge in [0.1, 0.15) is 11.9 Å². The number of ether oxygens (including phenoxy) is 4. The summed E-state index contributed by atoms with van der Waals surface area (Å²) < 4.78 is 50.2. The van der Waals surface area contributed by atoms with Crippen LogP contribution in [0.15, 0.2) is 59.5 Å². The minimum Gasteiger partial charge on any atom is -0.497 e. The van der Waals surface area contributed by atoms with Crippen molar-refractivity contribution in [2.75, 3.05) is 40.0 Å². The van der Waals surface area contributed by atoms with E-state index >= 15 is 0 Å². The fraction of sp³-hybridized carbons (Fsp3) is 0.519. The van der Waals surface area contributed by atoms with Crippen LogP contribution in [-0.4, -0.2) is 88.3 Å². The van der Waals surface area contributed by atoms with E-state index in [1.807, 2.05) is 30.3 Å². The number of carbonyl (C=O) groups excluding carboxylic acids is 1. The van der Waals surface area contributed by atoms with E-state index in [9.17, 15) is 18.3 Å². The Bertz CT molecular complexity index is 1120. The molecule has 0 aliphatic carbocycles. The molecule has 2 aliphatic rings. The van der Waals surface area contributed by atoms with Crippen molar-refractivity contribution >= 4 is 16.1 Å². The van der Waals surface area contributed by atoms with Crippen molar-refractivity contribution in [1.82, 2.24) is 9.62 Å². The average Bonchev–Trinajstić information content (AvgIpc) is 3.63. The van der Waals surface area contributed by atoms with E-state index in [1.165, 1.54) is 23.5 Å². The quantitative estimate of drug-likeness (QED) is 0.414. The SMILES string of the molecule is COc1ccc(S(=O)(=O)N(CC2CCCO2)C[C@@H](O)[C@H](Cc2ccccc2)NC(=O)O[C@H]2CCOC2)cc1. The zero-order valence-corrected chi connectivity index (χ0v) is 22.3. The monoisotopic (exact) mass is 548 g/mol. The molecule has 208 valence electrons. The smallest absolute Gasteiger partial charge is 0.407 e. The van der Waals surface area contributed by atoms with Crippen LogP contribution in [0.2, 0.25) is 0 Å². The largest absolute Gasteiger partial charge is 0.497 e. The molecule has 2 aliphatic heterocycles. The number of nitrogens with zero attached hydrogens (tertiary/aromatic N) is 1. The topological polar surface area (TPSA) is 124 Å². The fourth-order valence-corrected chi connectivity index (χ4v) is 6.10. The number of amides is 1. The first-order valence-corrected chi connectivity index (χ1v) is 14.3. The van der Waals surface area contributed by atoms with Crippen LogP contribution in [0.3, 0.4) is 0 Å². The van der Waals surface area contributed by atoms with Crippen molar-refractivity contribution in [2.24, 2.45) is 0 Å².